The molecular formula is C21H31ClN4O4S. The molecule has 4 N–H and O–H groups in total. The van der Waals surface area contributed by atoms with E-state index in [-0.39, 0.29) is 23.2 Å². The van der Waals surface area contributed by atoms with Crippen molar-refractivity contribution in [2.24, 2.45) is 5.92 Å². The molecule has 0 spiro atoms. The maximum atomic E-state index is 12.9. The Hall–Kier alpha value is -1.81. The van der Waals surface area contributed by atoms with E-state index < -0.39 is 0 Å². The van der Waals surface area contributed by atoms with Gasteiger partial charge >= 0.3 is 0 Å². The number of nitrogens with two attached hydrogens (primary N) is 1. The monoisotopic (exact) mass is 470 g/mol. The highest BCUT2D eigenvalue weighted by Gasteiger charge is 2.33. The first-order valence-electron chi connectivity index (χ1n) is 10.5. The fourth-order valence-corrected chi connectivity index (χ4v) is 4.73. The van der Waals surface area contributed by atoms with E-state index >= 15 is 0 Å². The van der Waals surface area contributed by atoms with Crippen LogP contribution in [0.4, 0.5) is 5.69 Å². The van der Waals surface area contributed by atoms with Gasteiger partial charge in [0.2, 0.25) is 0 Å². The van der Waals surface area contributed by atoms with E-state index in [1.807, 2.05) is 4.90 Å². The summed E-state index contributed by atoms with van der Waals surface area (Å²) in [6.07, 6.45) is 2.69. The number of nitrogens with zero attached hydrogens (tertiary/aromatic N) is 2. The fraction of sp³-hybridized carbons (Fsp3) is 0.619. The van der Waals surface area contributed by atoms with E-state index in [0.29, 0.717) is 27.9 Å². The summed E-state index contributed by atoms with van der Waals surface area (Å²) >= 11 is 11.0. The molecule has 10 heteroatoms. The first-order valence-corrected chi connectivity index (χ1v) is 11.3. The lowest BCUT2D eigenvalue weighted by molar-refractivity contribution is -0.000433. The second-order valence-electron chi connectivity index (χ2n) is 8.19. The number of amides is 1. The van der Waals surface area contributed by atoms with Gasteiger partial charge in [-0.25, -0.2) is 0 Å². The standard InChI is InChI=1S/C21H31ClN4O4S/c1-29-18-10-16(23)15(22)9-14(18)20(27)24-17-5-6-25(12-19(17)30-2)11-13-3-7-26(8-4-13)21(28)31/h9-10,13,17,19H,3-8,11-12,23H2,1-2H3,(H,24,27)(H,28,31). The Morgan fingerprint density at radius 1 is 1.29 bits per heavy atom. The number of aliphatic hydroxyl groups excluding tert-OH is 1. The van der Waals surface area contributed by atoms with Crippen molar-refractivity contribution in [1.82, 2.24) is 15.1 Å². The lowest BCUT2D eigenvalue weighted by atomic mass is 9.94. The Morgan fingerprint density at radius 2 is 2.00 bits per heavy atom. The van der Waals surface area contributed by atoms with Gasteiger partial charge in [-0.2, -0.15) is 0 Å². The Morgan fingerprint density at radius 3 is 2.61 bits per heavy atom. The van der Waals surface area contributed by atoms with Crippen molar-refractivity contribution in [3.05, 3.63) is 22.7 Å². The van der Waals surface area contributed by atoms with Gasteiger partial charge < -0.3 is 35.4 Å². The van der Waals surface area contributed by atoms with Crippen molar-refractivity contribution in [2.45, 2.75) is 31.4 Å². The van der Waals surface area contributed by atoms with Gasteiger partial charge in [-0.3, -0.25) is 4.79 Å². The highest BCUT2D eigenvalue weighted by molar-refractivity contribution is 7.79. The summed E-state index contributed by atoms with van der Waals surface area (Å²) in [6.45, 7) is 4.20. The second-order valence-corrected chi connectivity index (χ2v) is 8.96. The average Bonchev–Trinajstić information content (AvgIpc) is 2.76. The zero-order valence-corrected chi connectivity index (χ0v) is 19.5. The summed E-state index contributed by atoms with van der Waals surface area (Å²) in [6, 6.07) is 2.98. The summed E-state index contributed by atoms with van der Waals surface area (Å²) in [5, 5.41) is 12.9. The minimum atomic E-state index is -0.258. The van der Waals surface area contributed by atoms with E-state index in [2.05, 4.69) is 10.2 Å². The predicted octanol–water partition coefficient (Wildman–Crippen LogP) is 2.30. The molecular weight excluding hydrogens is 440 g/mol. The van der Waals surface area contributed by atoms with Crippen LogP contribution in [0, 0.1) is 5.92 Å². The van der Waals surface area contributed by atoms with Crippen LogP contribution in [0.25, 0.3) is 0 Å². The van der Waals surface area contributed by atoms with Crippen LogP contribution in [0.3, 0.4) is 0 Å². The molecule has 31 heavy (non-hydrogen) atoms. The van der Waals surface area contributed by atoms with E-state index in [0.717, 1.165) is 52.0 Å². The van der Waals surface area contributed by atoms with Crippen LogP contribution in [-0.4, -0.2) is 85.1 Å². The van der Waals surface area contributed by atoms with E-state index in [1.165, 1.54) is 13.2 Å². The number of anilines is 1. The first kappa shape index (κ1) is 23.8. The second kappa shape index (κ2) is 10.7. The molecule has 2 atom stereocenters. The molecule has 0 aromatic heterocycles. The van der Waals surface area contributed by atoms with Crippen molar-refractivity contribution in [3.8, 4) is 5.75 Å². The topological polar surface area (TPSA) is 100 Å². The van der Waals surface area contributed by atoms with Gasteiger partial charge in [0.05, 0.1) is 35.5 Å². The summed E-state index contributed by atoms with van der Waals surface area (Å²) in [5.74, 6) is 0.696. The molecule has 1 amide bonds. The SMILES string of the molecule is COc1cc(N)c(Cl)cc1C(=O)NC1CCN(CC2CCN(C(O)=S)CC2)CC1OC. The maximum absolute atomic E-state index is 12.9. The molecule has 1 aromatic rings. The van der Waals surface area contributed by atoms with Crippen LogP contribution in [0.1, 0.15) is 29.6 Å². The lowest BCUT2D eigenvalue weighted by Gasteiger charge is -2.41. The quantitative estimate of drug-likeness (QED) is 0.430. The molecule has 2 fully saturated rings. The van der Waals surface area contributed by atoms with Crippen molar-refractivity contribution >= 4 is 40.6 Å². The molecule has 0 aliphatic carbocycles. The average molecular weight is 471 g/mol. The number of halogens is 1. The smallest absolute Gasteiger partial charge is 0.256 e. The number of benzene rings is 1. The first-order chi connectivity index (χ1) is 14.8. The van der Waals surface area contributed by atoms with Crippen LogP contribution < -0.4 is 15.8 Å². The van der Waals surface area contributed by atoms with Gasteiger partial charge in [0.15, 0.2) is 0 Å². The molecule has 2 unspecified atom stereocenters. The number of aliphatic hydroxyl groups is 1. The number of ether oxygens (including phenoxy) is 2. The van der Waals surface area contributed by atoms with E-state index in [9.17, 15) is 9.90 Å². The molecule has 3 rings (SSSR count). The summed E-state index contributed by atoms with van der Waals surface area (Å²) < 4.78 is 11.0. The van der Waals surface area contributed by atoms with Crippen LogP contribution >= 0.6 is 23.8 Å². The zero-order valence-electron chi connectivity index (χ0n) is 18.0. The number of nitrogens with one attached hydrogen (secondary N) is 1. The number of carbonyl (C=O) groups is 1. The number of methoxy groups -OCH3 is 2. The third-order valence-electron chi connectivity index (χ3n) is 6.23. The van der Waals surface area contributed by atoms with Gasteiger partial charge in [-0.1, -0.05) is 11.6 Å². The van der Waals surface area contributed by atoms with Crippen molar-refractivity contribution < 1.29 is 19.4 Å². The van der Waals surface area contributed by atoms with Crippen molar-refractivity contribution in [2.75, 3.05) is 52.7 Å². The van der Waals surface area contributed by atoms with Gasteiger partial charge in [0, 0.05) is 45.9 Å². The van der Waals surface area contributed by atoms with E-state index in [4.69, 9.17) is 39.0 Å². The lowest BCUT2D eigenvalue weighted by Crippen LogP contribution is -2.55. The van der Waals surface area contributed by atoms with Gasteiger partial charge in [-0.15, -0.1) is 0 Å². The third kappa shape index (κ3) is 5.91. The molecule has 1 aromatic carbocycles. The molecule has 2 heterocycles. The zero-order chi connectivity index (χ0) is 22.5. The molecule has 172 valence electrons. The Balaban J connectivity index is 1.56. The van der Waals surface area contributed by atoms with Gasteiger partial charge in [-0.05, 0) is 43.5 Å². The van der Waals surface area contributed by atoms with Crippen LogP contribution in [0.15, 0.2) is 12.1 Å². The van der Waals surface area contributed by atoms with Crippen LogP contribution in [0.5, 0.6) is 5.75 Å². The predicted molar refractivity (Wildman–Crippen MR) is 125 cm³/mol. The number of hydrogen-bond acceptors (Lipinski definition) is 6. The highest BCUT2D eigenvalue weighted by atomic mass is 35.5. The summed E-state index contributed by atoms with van der Waals surface area (Å²) in [4.78, 5) is 17.2. The number of piperidine rings is 2. The molecule has 8 nitrogen and oxygen atoms in total. The fourth-order valence-electron chi connectivity index (χ4n) is 4.38. The molecule has 0 saturated carbocycles. The number of carbonyl (C=O) groups excluding carboxylic acids is 1. The third-order valence-corrected chi connectivity index (χ3v) is 6.81. The minimum Gasteiger partial charge on any atom is -0.496 e. The Bertz CT molecular complexity index is 804. The maximum Gasteiger partial charge on any atom is 0.256 e. The van der Waals surface area contributed by atoms with Gasteiger partial charge in [0.1, 0.15) is 5.75 Å². The Kier molecular flexibility index (Phi) is 8.21. The number of hydrogen-bond donors (Lipinski definition) is 3. The van der Waals surface area contributed by atoms with Crippen molar-refractivity contribution in [1.29, 1.82) is 0 Å². The number of likely N-dealkylation sites (tertiary alicyclic amines) is 2. The number of nitrogen functional groups attached to an aromatic ring is 1. The molecule has 0 bridgehead atoms. The number of rotatable bonds is 6. The normalized spacial score (nSPS) is 22.9. The summed E-state index contributed by atoms with van der Waals surface area (Å²) in [7, 11) is 3.17. The molecule has 2 aliphatic rings. The largest absolute Gasteiger partial charge is 0.496 e. The van der Waals surface area contributed by atoms with E-state index in [1.54, 1.807) is 13.2 Å². The van der Waals surface area contributed by atoms with Crippen molar-refractivity contribution in [3.63, 3.8) is 0 Å². The van der Waals surface area contributed by atoms with Gasteiger partial charge in [0.25, 0.3) is 11.1 Å². The minimum absolute atomic E-state index is 0.00604. The van der Waals surface area contributed by atoms with Crippen LogP contribution in [0.2, 0.25) is 5.02 Å². The molecule has 2 saturated heterocycles. The number of thiocarbonyl (C=S) groups is 1. The molecule has 2 aliphatic heterocycles. The van der Waals surface area contributed by atoms with Crippen LogP contribution in [-0.2, 0) is 4.74 Å². The summed E-state index contributed by atoms with van der Waals surface area (Å²) in [5.41, 5.74) is 6.54. The Labute approximate surface area is 193 Å². The highest BCUT2D eigenvalue weighted by Crippen LogP contribution is 2.29. The molecule has 0 radical (unpaired) electrons.